The Bertz CT molecular complexity index is 664. The summed E-state index contributed by atoms with van der Waals surface area (Å²) in [6.07, 6.45) is -5.48. The van der Waals surface area contributed by atoms with Crippen LogP contribution < -0.4 is 5.32 Å². The summed E-state index contributed by atoms with van der Waals surface area (Å²) in [5, 5.41) is 39.1. The third-order valence-corrected chi connectivity index (χ3v) is 4.43. The molecule has 5 N–H and O–H groups in total. The molecule has 0 aliphatic heterocycles. The fraction of sp³-hybridized carbons (Fsp3) is 0.429. The number of aliphatic hydroxyl groups is 4. The summed E-state index contributed by atoms with van der Waals surface area (Å²) in [7, 11) is -4.19. The third kappa shape index (κ3) is 6.16. The van der Waals surface area contributed by atoms with E-state index in [9.17, 15) is 33.3 Å². The fourth-order valence-corrected chi connectivity index (χ4v) is 2.65. The third-order valence-electron chi connectivity index (χ3n) is 3.15. The normalized spacial score (nSPS) is 16.5. The lowest BCUT2D eigenvalue weighted by Gasteiger charge is -2.26. The van der Waals surface area contributed by atoms with Crippen molar-refractivity contribution in [3.63, 3.8) is 0 Å². The molecule has 0 heterocycles. The highest BCUT2D eigenvalue weighted by atomic mass is 32.2. The van der Waals surface area contributed by atoms with Crippen molar-refractivity contribution in [2.24, 2.45) is 0 Å². The molecule has 0 aliphatic rings. The Morgan fingerprint density at radius 1 is 1.16 bits per heavy atom. The van der Waals surface area contributed by atoms with Crippen LogP contribution >= 0.6 is 0 Å². The summed E-state index contributed by atoms with van der Waals surface area (Å²) < 4.78 is 28.2. The zero-order valence-electron chi connectivity index (χ0n) is 12.9. The van der Waals surface area contributed by atoms with Crippen molar-refractivity contribution in [2.75, 3.05) is 13.2 Å². The molecular weight excluding hydrogens is 358 g/mol. The van der Waals surface area contributed by atoms with Crippen LogP contribution in [0.4, 0.5) is 0 Å². The molecule has 0 bridgehead atoms. The maximum absolute atomic E-state index is 11.8. The number of aldehydes is 1. The van der Waals surface area contributed by atoms with E-state index >= 15 is 0 Å². The first-order valence-electron chi connectivity index (χ1n) is 7.07. The molecule has 140 valence electrons. The van der Waals surface area contributed by atoms with Gasteiger partial charge in [0.15, 0.2) is 0 Å². The van der Waals surface area contributed by atoms with Gasteiger partial charge >= 0.3 is 0 Å². The minimum atomic E-state index is -4.19. The van der Waals surface area contributed by atoms with E-state index in [1.807, 2.05) is 5.32 Å². The zero-order valence-corrected chi connectivity index (χ0v) is 13.7. The molecule has 10 nitrogen and oxygen atoms in total. The molecule has 0 saturated carbocycles. The Hall–Kier alpha value is -1.89. The van der Waals surface area contributed by atoms with Crippen molar-refractivity contribution < 1.29 is 42.6 Å². The Morgan fingerprint density at radius 3 is 2.28 bits per heavy atom. The zero-order chi connectivity index (χ0) is 19.0. The van der Waals surface area contributed by atoms with Gasteiger partial charge in [0.1, 0.15) is 37.2 Å². The van der Waals surface area contributed by atoms with Gasteiger partial charge in [0.25, 0.3) is 10.1 Å². The molecule has 0 radical (unpaired) electrons. The Balaban J connectivity index is 2.64. The summed E-state index contributed by atoms with van der Waals surface area (Å²) in [5.41, 5.74) is 0. The maximum atomic E-state index is 11.8. The standard InChI is InChI=1S/C14H19NO9S/c16-6-10(13(20)14(21)11(18)7-17)15-12(19)8-24-25(22,23)9-4-2-1-3-5-9/h1-6,10-11,13-14,17-18,20-21H,7-8H2,(H,15,19)/t10-,11+,13+,14-/m0/s1. The summed E-state index contributed by atoms with van der Waals surface area (Å²) in [5.74, 6) is -1.05. The number of carbonyl (C=O) groups excluding carboxylic acids is 2. The van der Waals surface area contributed by atoms with Gasteiger partial charge < -0.3 is 30.5 Å². The first kappa shape index (κ1) is 21.2. The average Bonchev–Trinajstić information content (AvgIpc) is 2.63. The molecule has 1 aromatic carbocycles. The number of rotatable bonds is 10. The molecule has 0 fully saturated rings. The lowest BCUT2D eigenvalue weighted by atomic mass is 10.0. The number of nitrogens with one attached hydrogen (secondary N) is 1. The number of carbonyl (C=O) groups is 2. The number of amides is 1. The van der Waals surface area contributed by atoms with Gasteiger partial charge in [-0.1, -0.05) is 18.2 Å². The SMILES string of the molecule is O=C[C@H](NC(=O)COS(=O)(=O)c1ccccc1)[C@@H](O)[C@@H](O)[C@H](O)CO. The van der Waals surface area contributed by atoms with Crippen LogP contribution in [0.3, 0.4) is 0 Å². The molecule has 1 aromatic rings. The van der Waals surface area contributed by atoms with Crippen LogP contribution in [0.1, 0.15) is 0 Å². The summed E-state index contributed by atoms with van der Waals surface area (Å²) in [6.45, 7) is -1.84. The highest BCUT2D eigenvalue weighted by molar-refractivity contribution is 7.86. The molecule has 0 aliphatic carbocycles. The van der Waals surface area contributed by atoms with Crippen molar-refractivity contribution in [3.8, 4) is 0 Å². The Labute approximate surface area is 143 Å². The quantitative estimate of drug-likeness (QED) is 0.213. The van der Waals surface area contributed by atoms with Crippen LogP contribution in [-0.4, -0.2) is 78.6 Å². The minimum Gasteiger partial charge on any atom is -0.394 e. The van der Waals surface area contributed by atoms with Crippen molar-refractivity contribution >= 4 is 22.3 Å². The van der Waals surface area contributed by atoms with Crippen molar-refractivity contribution in [3.05, 3.63) is 30.3 Å². The summed E-state index contributed by atoms with van der Waals surface area (Å²) in [6, 6.07) is 5.39. The topological polar surface area (TPSA) is 170 Å². The highest BCUT2D eigenvalue weighted by Crippen LogP contribution is 2.11. The monoisotopic (exact) mass is 377 g/mol. The summed E-state index contributed by atoms with van der Waals surface area (Å²) in [4.78, 5) is 22.5. The first-order chi connectivity index (χ1) is 11.7. The number of benzene rings is 1. The van der Waals surface area contributed by atoms with Crippen LogP contribution in [0.5, 0.6) is 0 Å². The predicted molar refractivity (Wildman–Crippen MR) is 82.7 cm³/mol. The second-order valence-corrected chi connectivity index (χ2v) is 6.61. The van der Waals surface area contributed by atoms with E-state index in [0.717, 1.165) is 0 Å². The summed E-state index contributed by atoms with van der Waals surface area (Å²) >= 11 is 0. The lowest BCUT2D eigenvalue weighted by molar-refractivity contribution is -0.132. The second kappa shape index (κ2) is 9.56. The van der Waals surface area contributed by atoms with Crippen LogP contribution in [0, 0.1) is 0 Å². The van der Waals surface area contributed by atoms with E-state index in [0.29, 0.717) is 0 Å². The number of hydrogen-bond acceptors (Lipinski definition) is 9. The Morgan fingerprint density at radius 2 is 1.76 bits per heavy atom. The van der Waals surface area contributed by atoms with E-state index < -0.39 is 53.6 Å². The first-order valence-corrected chi connectivity index (χ1v) is 8.48. The molecule has 0 aromatic heterocycles. The van der Waals surface area contributed by atoms with Crippen LogP contribution in [0.2, 0.25) is 0 Å². The van der Waals surface area contributed by atoms with Gasteiger partial charge in [-0.25, -0.2) is 0 Å². The minimum absolute atomic E-state index is 0.0849. The van der Waals surface area contributed by atoms with Crippen LogP contribution in [0.15, 0.2) is 35.2 Å². The number of hydrogen-bond donors (Lipinski definition) is 5. The van der Waals surface area contributed by atoms with E-state index in [2.05, 4.69) is 4.18 Å². The maximum Gasteiger partial charge on any atom is 0.297 e. The predicted octanol–water partition coefficient (Wildman–Crippen LogP) is -2.85. The molecule has 11 heteroatoms. The second-order valence-electron chi connectivity index (χ2n) is 4.99. The van der Waals surface area contributed by atoms with Crippen molar-refractivity contribution in [2.45, 2.75) is 29.2 Å². The lowest BCUT2D eigenvalue weighted by Crippen LogP contribution is -2.54. The van der Waals surface area contributed by atoms with Gasteiger partial charge in [-0.05, 0) is 12.1 Å². The largest absolute Gasteiger partial charge is 0.394 e. The van der Waals surface area contributed by atoms with Gasteiger partial charge in [-0.2, -0.15) is 8.42 Å². The molecule has 0 saturated heterocycles. The highest BCUT2D eigenvalue weighted by Gasteiger charge is 2.32. The van der Waals surface area contributed by atoms with Gasteiger partial charge in [0.05, 0.1) is 11.5 Å². The van der Waals surface area contributed by atoms with E-state index in [1.54, 1.807) is 6.07 Å². The molecule has 0 spiro atoms. The van der Waals surface area contributed by atoms with E-state index in [1.165, 1.54) is 24.3 Å². The molecule has 1 amide bonds. The average molecular weight is 377 g/mol. The van der Waals surface area contributed by atoms with Crippen molar-refractivity contribution in [1.82, 2.24) is 5.32 Å². The fourth-order valence-electron chi connectivity index (χ4n) is 1.76. The van der Waals surface area contributed by atoms with Gasteiger partial charge in [0, 0.05) is 0 Å². The van der Waals surface area contributed by atoms with E-state index in [-0.39, 0.29) is 11.2 Å². The molecular formula is C14H19NO9S. The van der Waals surface area contributed by atoms with Gasteiger partial charge in [-0.3, -0.25) is 8.98 Å². The van der Waals surface area contributed by atoms with Gasteiger partial charge in [0.2, 0.25) is 5.91 Å². The molecule has 4 atom stereocenters. The number of aliphatic hydroxyl groups excluding tert-OH is 4. The van der Waals surface area contributed by atoms with E-state index in [4.69, 9.17) is 5.11 Å². The molecule has 0 unspecified atom stereocenters. The molecule has 25 heavy (non-hydrogen) atoms. The van der Waals surface area contributed by atoms with Gasteiger partial charge in [-0.15, -0.1) is 0 Å². The van der Waals surface area contributed by atoms with Crippen LogP contribution in [0.25, 0.3) is 0 Å². The Kier molecular flexibility index (Phi) is 8.09. The smallest absolute Gasteiger partial charge is 0.297 e. The molecule has 1 rings (SSSR count). The van der Waals surface area contributed by atoms with Crippen molar-refractivity contribution in [1.29, 1.82) is 0 Å². The van der Waals surface area contributed by atoms with Crippen LogP contribution in [-0.2, 0) is 23.9 Å².